The summed E-state index contributed by atoms with van der Waals surface area (Å²) < 4.78 is 0. The molecular formula is C37H55N3. The second-order valence-electron chi connectivity index (χ2n) is 17.0. The van der Waals surface area contributed by atoms with E-state index in [1.165, 1.54) is 153 Å². The Bertz CT molecular complexity index is 908. The van der Waals surface area contributed by atoms with E-state index in [0.717, 1.165) is 47.6 Å². The zero-order valence-electron chi connectivity index (χ0n) is 25.2. The van der Waals surface area contributed by atoms with Gasteiger partial charge in [0.25, 0.3) is 0 Å². The Hall–Kier alpha value is -1.25. The molecule has 40 heavy (non-hydrogen) atoms. The third-order valence-electron chi connectivity index (χ3n) is 14.2. The number of anilines is 2. The lowest BCUT2D eigenvalue weighted by Crippen LogP contribution is -2.63. The molecular weight excluding hydrogens is 486 g/mol. The van der Waals surface area contributed by atoms with Crippen LogP contribution in [0.15, 0.2) is 18.3 Å². The number of hydrogen-bond donors (Lipinski definition) is 0. The fourth-order valence-corrected chi connectivity index (χ4v) is 13.8. The van der Waals surface area contributed by atoms with E-state index in [-0.39, 0.29) is 0 Å². The standard InChI is InChI=1S/C37H55N3/c1-3-7-32(8-4-1)39(36-19-26-13-27(20-36)15-28(14-26)21-36)34-11-12-35(38-25-34)40(33-9-5-2-6-10-33)37-22-29-16-30(23-37)18-31(17-29)24-37/h11-12,25-33H,1-10,13-24H2. The maximum absolute atomic E-state index is 5.54. The highest BCUT2D eigenvalue weighted by molar-refractivity contribution is 5.56. The minimum absolute atomic E-state index is 0.411. The number of pyridine rings is 1. The summed E-state index contributed by atoms with van der Waals surface area (Å²) in [4.78, 5) is 11.6. The van der Waals surface area contributed by atoms with E-state index in [4.69, 9.17) is 4.98 Å². The van der Waals surface area contributed by atoms with Gasteiger partial charge >= 0.3 is 0 Å². The third-order valence-corrected chi connectivity index (χ3v) is 14.2. The van der Waals surface area contributed by atoms with Gasteiger partial charge in [0, 0.05) is 23.2 Å². The molecule has 10 saturated carbocycles. The lowest BCUT2D eigenvalue weighted by Gasteiger charge is -2.63. The molecule has 0 atom stereocenters. The van der Waals surface area contributed by atoms with Crippen molar-refractivity contribution in [3.8, 4) is 0 Å². The molecule has 0 aliphatic heterocycles. The molecule has 0 aromatic carbocycles. The third kappa shape index (κ3) is 4.12. The largest absolute Gasteiger partial charge is 0.362 e. The zero-order chi connectivity index (χ0) is 26.3. The molecule has 0 radical (unpaired) electrons. The number of aromatic nitrogens is 1. The lowest BCUT2D eigenvalue weighted by atomic mass is 9.52. The molecule has 8 bridgehead atoms. The van der Waals surface area contributed by atoms with E-state index in [9.17, 15) is 0 Å². The van der Waals surface area contributed by atoms with Crippen LogP contribution in [0.5, 0.6) is 0 Å². The maximum atomic E-state index is 5.54. The highest BCUT2D eigenvalue weighted by atomic mass is 15.3. The van der Waals surface area contributed by atoms with Gasteiger partial charge in [-0.1, -0.05) is 38.5 Å². The van der Waals surface area contributed by atoms with Gasteiger partial charge in [0.1, 0.15) is 5.82 Å². The molecule has 0 saturated heterocycles. The van der Waals surface area contributed by atoms with Gasteiger partial charge in [-0.2, -0.15) is 0 Å². The van der Waals surface area contributed by atoms with Crippen LogP contribution in [0.2, 0.25) is 0 Å². The van der Waals surface area contributed by atoms with Gasteiger partial charge in [-0.05, 0) is 150 Å². The topological polar surface area (TPSA) is 19.4 Å². The van der Waals surface area contributed by atoms with E-state index in [2.05, 4.69) is 28.1 Å². The first kappa shape index (κ1) is 25.3. The highest BCUT2D eigenvalue weighted by Crippen LogP contribution is 2.61. The molecule has 10 aliphatic carbocycles. The van der Waals surface area contributed by atoms with Crippen molar-refractivity contribution in [3.05, 3.63) is 18.3 Å². The first-order valence-corrected chi connectivity index (χ1v) is 18.2. The first-order valence-electron chi connectivity index (χ1n) is 18.2. The van der Waals surface area contributed by atoms with E-state index >= 15 is 0 Å². The predicted octanol–water partition coefficient (Wildman–Crippen LogP) is 9.30. The van der Waals surface area contributed by atoms with Crippen LogP contribution in [0.1, 0.15) is 141 Å². The molecule has 1 aromatic rings. The van der Waals surface area contributed by atoms with E-state index in [1.54, 1.807) is 0 Å². The Labute approximate surface area is 244 Å². The van der Waals surface area contributed by atoms with Crippen LogP contribution in [0.4, 0.5) is 11.5 Å². The molecule has 11 rings (SSSR count). The van der Waals surface area contributed by atoms with Crippen molar-refractivity contribution in [1.82, 2.24) is 4.98 Å². The van der Waals surface area contributed by atoms with E-state index in [1.807, 2.05) is 0 Å². The van der Waals surface area contributed by atoms with E-state index < -0.39 is 0 Å². The lowest BCUT2D eigenvalue weighted by molar-refractivity contribution is -0.0103. The fourth-order valence-electron chi connectivity index (χ4n) is 13.8. The predicted molar refractivity (Wildman–Crippen MR) is 165 cm³/mol. The van der Waals surface area contributed by atoms with Gasteiger partial charge < -0.3 is 9.80 Å². The zero-order valence-corrected chi connectivity index (χ0v) is 25.2. The van der Waals surface area contributed by atoms with Crippen LogP contribution in [0.3, 0.4) is 0 Å². The molecule has 3 nitrogen and oxygen atoms in total. The van der Waals surface area contributed by atoms with Crippen molar-refractivity contribution >= 4 is 11.5 Å². The maximum Gasteiger partial charge on any atom is 0.129 e. The SMILES string of the molecule is c1cc(N(C2CCCCC2)C23CC4CC(CC(C4)C2)C3)ncc1N(C1CCCCC1)C12CC3CC(CC(C3)C1)C2. The summed E-state index contributed by atoms with van der Waals surface area (Å²) in [6, 6.07) is 6.60. The summed E-state index contributed by atoms with van der Waals surface area (Å²) in [6.45, 7) is 0. The molecule has 1 aromatic heterocycles. The first-order chi connectivity index (χ1) is 19.6. The molecule has 0 N–H and O–H groups in total. The number of rotatable bonds is 6. The number of hydrogen-bond acceptors (Lipinski definition) is 3. The minimum atomic E-state index is 0.411. The molecule has 0 unspecified atom stereocenters. The van der Waals surface area contributed by atoms with Crippen molar-refractivity contribution < 1.29 is 0 Å². The summed E-state index contributed by atoms with van der Waals surface area (Å²) in [7, 11) is 0. The van der Waals surface area contributed by atoms with Crippen LogP contribution in [0, 0.1) is 35.5 Å². The Morgan fingerprint density at radius 3 is 1.30 bits per heavy atom. The Kier molecular flexibility index (Phi) is 6.08. The summed E-state index contributed by atoms with van der Waals surface area (Å²) in [5, 5.41) is 0. The average Bonchev–Trinajstić information content (AvgIpc) is 2.94. The van der Waals surface area contributed by atoms with Crippen LogP contribution in [0.25, 0.3) is 0 Å². The monoisotopic (exact) mass is 541 g/mol. The Balaban J connectivity index is 1.07. The van der Waals surface area contributed by atoms with Gasteiger partial charge in [-0.25, -0.2) is 4.98 Å². The summed E-state index contributed by atoms with van der Waals surface area (Å²) >= 11 is 0. The normalized spacial score (nSPS) is 44.3. The average molecular weight is 542 g/mol. The van der Waals surface area contributed by atoms with Crippen molar-refractivity contribution in [2.75, 3.05) is 9.80 Å². The Morgan fingerprint density at radius 1 is 0.500 bits per heavy atom. The van der Waals surface area contributed by atoms with Gasteiger partial charge in [-0.3, -0.25) is 0 Å². The van der Waals surface area contributed by atoms with Crippen LogP contribution in [-0.2, 0) is 0 Å². The second kappa shape index (κ2) is 9.63. The molecule has 10 aliphatic rings. The number of nitrogens with zero attached hydrogens (tertiary/aromatic N) is 3. The van der Waals surface area contributed by atoms with Crippen molar-refractivity contribution in [2.45, 2.75) is 164 Å². The van der Waals surface area contributed by atoms with Crippen LogP contribution in [-0.4, -0.2) is 28.1 Å². The molecule has 1 heterocycles. The van der Waals surface area contributed by atoms with Gasteiger partial charge in [-0.15, -0.1) is 0 Å². The van der Waals surface area contributed by atoms with Crippen LogP contribution < -0.4 is 9.80 Å². The molecule has 10 fully saturated rings. The summed E-state index contributed by atoms with van der Waals surface area (Å²) in [6.07, 6.45) is 34.6. The molecule has 218 valence electrons. The van der Waals surface area contributed by atoms with Crippen LogP contribution >= 0.6 is 0 Å². The van der Waals surface area contributed by atoms with Gasteiger partial charge in [0.05, 0.1) is 11.9 Å². The van der Waals surface area contributed by atoms with Crippen molar-refractivity contribution in [2.24, 2.45) is 35.5 Å². The second-order valence-corrected chi connectivity index (χ2v) is 17.0. The molecule has 3 heteroatoms. The summed E-state index contributed by atoms with van der Waals surface area (Å²) in [5.41, 5.74) is 2.34. The van der Waals surface area contributed by atoms with Crippen molar-refractivity contribution in [1.29, 1.82) is 0 Å². The quantitative estimate of drug-likeness (QED) is 0.358. The molecule has 0 amide bonds. The smallest absolute Gasteiger partial charge is 0.129 e. The van der Waals surface area contributed by atoms with E-state index in [0.29, 0.717) is 11.1 Å². The summed E-state index contributed by atoms with van der Waals surface area (Å²) in [5.74, 6) is 7.34. The van der Waals surface area contributed by atoms with Crippen molar-refractivity contribution in [3.63, 3.8) is 0 Å². The molecule has 0 spiro atoms. The Morgan fingerprint density at radius 2 is 0.900 bits per heavy atom. The van der Waals surface area contributed by atoms with Gasteiger partial charge in [0.15, 0.2) is 0 Å². The van der Waals surface area contributed by atoms with Gasteiger partial charge in [0.2, 0.25) is 0 Å². The fraction of sp³-hybridized carbons (Fsp3) is 0.865. The highest BCUT2D eigenvalue weighted by Gasteiger charge is 2.56. The minimum Gasteiger partial charge on any atom is -0.362 e.